The normalized spacial score (nSPS) is 16.5. The number of rotatable bonds is 6. The van der Waals surface area contributed by atoms with E-state index in [1.807, 2.05) is 6.92 Å². The van der Waals surface area contributed by atoms with Crippen LogP contribution in [0.4, 0.5) is 0 Å². The molecule has 2 atom stereocenters. The summed E-state index contributed by atoms with van der Waals surface area (Å²) in [5, 5.41) is 3.12. The zero-order valence-corrected chi connectivity index (χ0v) is 9.01. The molecule has 0 radical (unpaired) electrons. The summed E-state index contributed by atoms with van der Waals surface area (Å²) < 4.78 is 0. The van der Waals surface area contributed by atoms with Crippen molar-refractivity contribution in [3.05, 3.63) is 24.6 Å². The average molecular weight is 182 g/mol. The Bertz CT molecular complexity index is 171. The van der Waals surface area contributed by atoms with E-state index < -0.39 is 0 Å². The zero-order chi connectivity index (χ0) is 10.3. The third kappa shape index (κ3) is 6.41. The van der Waals surface area contributed by atoms with Gasteiger partial charge >= 0.3 is 0 Å². The molecule has 0 aliphatic heterocycles. The van der Waals surface area contributed by atoms with Gasteiger partial charge in [-0.2, -0.15) is 0 Å². The molecule has 0 amide bonds. The van der Waals surface area contributed by atoms with Crippen molar-refractivity contribution in [2.45, 2.75) is 39.7 Å². The molecule has 0 fully saturated rings. The SMILES string of the molecule is C=CN/C(=C\C(C)CC)C[C@@H](C)N. The molecule has 0 aromatic heterocycles. The fourth-order valence-corrected chi connectivity index (χ4v) is 1.11. The van der Waals surface area contributed by atoms with E-state index in [0.29, 0.717) is 5.92 Å². The van der Waals surface area contributed by atoms with Crippen LogP contribution in [0.3, 0.4) is 0 Å². The van der Waals surface area contributed by atoms with Gasteiger partial charge in [-0.25, -0.2) is 0 Å². The molecule has 0 spiro atoms. The first-order valence-corrected chi connectivity index (χ1v) is 4.93. The van der Waals surface area contributed by atoms with Gasteiger partial charge in [-0.1, -0.05) is 32.9 Å². The number of nitrogens with one attached hydrogen (secondary N) is 1. The molecular weight excluding hydrogens is 160 g/mol. The minimum Gasteiger partial charge on any atom is -0.366 e. The van der Waals surface area contributed by atoms with E-state index >= 15 is 0 Å². The molecule has 0 aromatic rings. The zero-order valence-electron chi connectivity index (χ0n) is 9.01. The molecule has 0 heterocycles. The first-order chi connectivity index (χ1) is 6.10. The van der Waals surface area contributed by atoms with Crippen molar-refractivity contribution in [2.24, 2.45) is 11.7 Å². The van der Waals surface area contributed by atoms with Crippen molar-refractivity contribution in [1.82, 2.24) is 5.32 Å². The number of nitrogens with two attached hydrogens (primary N) is 1. The molecule has 0 saturated heterocycles. The first-order valence-electron chi connectivity index (χ1n) is 4.93. The van der Waals surface area contributed by atoms with Gasteiger partial charge in [-0.05, 0) is 19.0 Å². The van der Waals surface area contributed by atoms with Crippen LogP contribution in [0.1, 0.15) is 33.6 Å². The van der Waals surface area contributed by atoms with Crippen LogP contribution in [0.15, 0.2) is 24.6 Å². The summed E-state index contributed by atoms with van der Waals surface area (Å²) in [6.45, 7) is 10.0. The highest BCUT2D eigenvalue weighted by atomic mass is 14.9. The van der Waals surface area contributed by atoms with Crippen LogP contribution >= 0.6 is 0 Å². The Labute approximate surface area is 81.9 Å². The standard InChI is InChI=1S/C11H22N2/c1-5-9(3)7-11(13-6-2)8-10(4)12/h6-7,9-10,13H,2,5,8,12H2,1,3-4H3/b11-7-/t9?,10-/m1/s1. The minimum absolute atomic E-state index is 0.197. The Hall–Kier alpha value is -0.760. The molecule has 0 rings (SSSR count). The largest absolute Gasteiger partial charge is 0.366 e. The van der Waals surface area contributed by atoms with Crippen molar-refractivity contribution in [3.63, 3.8) is 0 Å². The van der Waals surface area contributed by atoms with E-state index in [0.717, 1.165) is 12.8 Å². The van der Waals surface area contributed by atoms with Crippen LogP contribution in [0.5, 0.6) is 0 Å². The van der Waals surface area contributed by atoms with Crippen LogP contribution in [0, 0.1) is 5.92 Å². The first kappa shape index (κ1) is 12.2. The summed E-state index contributed by atoms with van der Waals surface area (Å²) in [5.41, 5.74) is 6.91. The maximum absolute atomic E-state index is 5.73. The second-order valence-corrected chi connectivity index (χ2v) is 3.61. The summed E-state index contributed by atoms with van der Waals surface area (Å²) in [5.74, 6) is 0.598. The van der Waals surface area contributed by atoms with Gasteiger partial charge < -0.3 is 11.1 Å². The van der Waals surface area contributed by atoms with E-state index in [4.69, 9.17) is 5.73 Å². The van der Waals surface area contributed by atoms with Crippen molar-refractivity contribution in [3.8, 4) is 0 Å². The molecule has 0 bridgehead atoms. The predicted molar refractivity (Wildman–Crippen MR) is 59.1 cm³/mol. The van der Waals surface area contributed by atoms with Crippen molar-refractivity contribution < 1.29 is 0 Å². The van der Waals surface area contributed by atoms with Crippen LogP contribution in [0.2, 0.25) is 0 Å². The van der Waals surface area contributed by atoms with Crippen molar-refractivity contribution in [2.75, 3.05) is 0 Å². The summed E-state index contributed by atoms with van der Waals surface area (Å²) in [6.07, 6.45) is 5.97. The molecule has 2 nitrogen and oxygen atoms in total. The molecule has 0 aromatic carbocycles. The van der Waals surface area contributed by atoms with Crippen LogP contribution < -0.4 is 11.1 Å². The highest BCUT2D eigenvalue weighted by Gasteiger charge is 2.01. The van der Waals surface area contributed by atoms with Gasteiger partial charge in [-0.15, -0.1) is 0 Å². The van der Waals surface area contributed by atoms with Gasteiger partial charge in [0.15, 0.2) is 0 Å². The third-order valence-electron chi connectivity index (χ3n) is 1.96. The molecular formula is C11H22N2. The lowest BCUT2D eigenvalue weighted by Crippen LogP contribution is -2.20. The number of hydrogen-bond acceptors (Lipinski definition) is 2. The van der Waals surface area contributed by atoms with Gasteiger partial charge in [0.05, 0.1) is 0 Å². The van der Waals surface area contributed by atoms with Gasteiger partial charge in [-0.3, -0.25) is 0 Å². The lowest BCUT2D eigenvalue weighted by molar-refractivity contribution is 0.655. The number of hydrogen-bond donors (Lipinski definition) is 2. The number of allylic oxidation sites excluding steroid dienone is 1. The van der Waals surface area contributed by atoms with Crippen LogP contribution in [0.25, 0.3) is 0 Å². The fraction of sp³-hybridized carbons (Fsp3) is 0.636. The Morgan fingerprint density at radius 1 is 1.54 bits per heavy atom. The fourth-order valence-electron chi connectivity index (χ4n) is 1.11. The van der Waals surface area contributed by atoms with Gasteiger partial charge in [0.2, 0.25) is 0 Å². The van der Waals surface area contributed by atoms with Crippen LogP contribution in [-0.2, 0) is 0 Å². The molecule has 0 aliphatic rings. The van der Waals surface area contributed by atoms with E-state index in [1.54, 1.807) is 6.20 Å². The molecule has 3 N–H and O–H groups in total. The van der Waals surface area contributed by atoms with Crippen molar-refractivity contribution >= 4 is 0 Å². The highest BCUT2D eigenvalue weighted by Crippen LogP contribution is 2.09. The van der Waals surface area contributed by atoms with Crippen molar-refractivity contribution in [1.29, 1.82) is 0 Å². The van der Waals surface area contributed by atoms with Gasteiger partial charge in [0.1, 0.15) is 0 Å². The molecule has 1 unspecified atom stereocenters. The van der Waals surface area contributed by atoms with E-state index in [-0.39, 0.29) is 6.04 Å². The second-order valence-electron chi connectivity index (χ2n) is 3.61. The maximum atomic E-state index is 5.73. The topological polar surface area (TPSA) is 38.0 Å². The van der Waals surface area contributed by atoms with Gasteiger partial charge in [0, 0.05) is 18.2 Å². The average Bonchev–Trinajstić information content (AvgIpc) is 2.03. The quantitative estimate of drug-likeness (QED) is 0.662. The third-order valence-corrected chi connectivity index (χ3v) is 1.96. The Morgan fingerprint density at radius 2 is 2.15 bits per heavy atom. The summed E-state index contributed by atoms with van der Waals surface area (Å²) >= 11 is 0. The summed E-state index contributed by atoms with van der Waals surface area (Å²) in [4.78, 5) is 0. The Kier molecular flexibility index (Phi) is 6.33. The van der Waals surface area contributed by atoms with E-state index in [9.17, 15) is 0 Å². The molecule has 0 saturated carbocycles. The smallest absolute Gasteiger partial charge is 0.0124 e. The monoisotopic (exact) mass is 182 g/mol. The molecule has 13 heavy (non-hydrogen) atoms. The lowest BCUT2D eigenvalue weighted by Gasteiger charge is -2.12. The van der Waals surface area contributed by atoms with Crippen LogP contribution in [-0.4, -0.2) is 6.04 Å². The maximum Gasteiger partial charge on any atom is 0.0124 e. The Morgan fingerprint density at radius 3 is 2.54 bits per heavy atom. The molecule has 2 heteroatoms. The summed E-state index contributed by atoms with van der Waals surface area (Å²) in [6, 6.07) is 0.197. The van der Waals surface area contributed by atoms with E-state index in [1.165, 1.54) is 5.70 Å². The molecule has 0 aliphatic carbocycles. The van der Waals surface area contributed by atoms with E-state index in [2.05, 4.69) is 31.8 Å². The highest BCUT2D eigenvalue weighted by molar-refractivity contribution is 5.05. The van der Waals surface area contributed by atoms with Gasteiger partial charge in [0.25, 0.3) is 0 Å². The minimum atomic E-state index is 0.197. The predicted octanol–water partition coefficient (Wildman–Crippen LogP) is 2.39. The second kappa shape index (κ2) is 6.72. The molecule has 76 valence electrons. The summed E-state index contributed by atoms with van der Waals surface area (Å²) in [7, 11) is 0. The Balaban J connectivity index is 4.21. The lowest BCUT2D eigenvalue weighted by atomic mass is 10.1.